The van der Waals surface area contributed by atoms with Gasteiger partial charge in [0.25, 0.3) is 0 Å². The molecule has 0 fully saturated rings. The lowest BCUT2D eigenvalue weighted by Gasteiger charge is -2.31. The van der Waals surface area contributed by atoms with Gasteiger partial charge in [0, 0.05) is 6.04 Å². The summed E-state index contributed by atoms with van der Waals surface area (Å²) in [4.78, 5) is 14.6. The third-order valence-corrected chi connectivity index (χ3v) is 4.39. The molecule has 3 aromatic rings. The van der Waals surface area contributed by atoms with Crippen molar-refractivity contribution < 1.29 is 4.79 Å². The number of para-hydroxylation sites is 1. The average Bonchev–Trinajstić information content (AvgIpc) is 3.11. The third-order valence-electron chi connectivity index (χ3n) is 4.39. The number of urea groups is 1. The average molecular weight is 363 g/mol. The number of aromatic nitrogens is 2. The van der Waals surface area contributed by atoms with Gasteiger partial charge in [-0.3, -0.25) is 0 Å². The quantitative estimate of drug-likeness (QED) is 0.702. The normalized spacial score (nSPS) is 13.2. The SMILES string of the molecule is C[C@@H](NC(=O)Nc1cnn(-c2ccccc2)c1)[C@H](c1ccccc1)N(C)C. The zero-order chi connectivity index (χ0) is 19.2. The van der Waals surface area contributed by atoms with Crippen LogP contribution >= 0.6 is 0 Å². The molecule has 1 heterocycles. The molecule has 6 nitrogen and oxygen atoms in total. The highest BCUT2D eigenvalue weighted by molar-refractivity contribution is 5.89. The maximum absolute atomic E-state index is 12.4. The van der Waals surface area contributed by atoms with E-state index in [1.807, 2.05) is 69.6 Å². The fraction of sp³-hybridized carbons (Fsp3) is 0.238. The summed E-state index contributed by atoms with van der Waals surface area (Å²) in [5, 5.41) is 10.2. The molecule has 6 heteroatoms. The van der Waals surface area contributed by atoms with Gasteiger partial charge in [0.05, 0.1) is 29.8 Å². The second kappa shape index (κ2) is 8.51. The zero-order valence-electron chi connectivity index (χ0n) is 15.8. The van der Waals surface area contributed by atoms with Gasteiger partial charge in [0.15, 0.2) is 0 Å². The van der Waals surface area contributed by atoms with Gasteiger partial charge in [-0.25, -0.2) is 9.48 Å². The molecule has 3 rings (SSSR count). The highest BCUT2D eigenvalue weighted by atomic mass is 16.2. The van der Waals surface area contributed by atoms with Crippen LogP contribution < -0.4 is 10.6 Å². The van der Waals surface area contributed by atoms with E-state index in [0.29, 0.717) is 5.69 Å². The first-order chi connectivity index (χ1) is 13.0. The number of likely N-dealkylation sites (N-methyl/N-ethyl adjacent to an activating group) is 1. The van der Waals surface area contributed by atoms with Crippen LogP contribution in [0.4, 0.5) is 10.5 Å². The molecule has 0 spiro atoms. The Hall–Kier alpha value is -3.12. The summed E-state index contributed by atoms with van der Waals surface area (Å²) < 4.78 is 1.73. The van der Waals surface area contributed by atoms with Crippen LogP contribution in [0.25, 0.3) is 5.69 Å². The summed E-state index contributed by atoms with van der Waals surface area (Å²) in [7, 11) is 4.02. The number of carbonyl (C=O) groups is 1. The molecule has 140 valence electrons. The summed E-state index contributed by atoms with van der Waals surface area (Å²) in [5.41, 5.74) is 2.74. The molecule has 2 N–H and O–H groups in total. The minimum absolute atomic E-state index is 0.0731. The van der Waals surface area contributed by atoms with Crippen molar-refractivity contribution in [2.75, 3.05) is 19.4 Å². The number of amides is 2. The highest BCUT2D eigenvalue weighted by Crippen LogP contribution is 2.22. The molecule has 2 amide bonds. The van der Waals surface area contributed by atoms with Crippen molar-refractivity contribution in [2.24, 2.45) is 0 Å². The van der Waals surface area contributed by atoms with E-state index in [4.69, 9.17) is 0 Å². The molecule has 0 saturated carbocycles. The van der Waals surface area contributed by atoms with Crippen molar-refractivity contribution in [3.8, 4) is 5.69 Å². The van der Waals surface area contributed by atoms with Crippen molar-refractivity contribution in [1.82, 2.24) is 20.0 Å². The maximum Gasteiger partial charge on any atom is 0.319 e. The fourth-order valence-corrected chi connectivity index (χ4v) is 3.25. The van der Waals surface area contributed by atoms with Crippen LogP contribution in [-0.2, 0) is 0 Å². The molecule has 0 aliphatic rings. The van der Waals surface area contributed by atoms with Crippen molar-refractivity contribution in [3.63, 3.8) is 0 Å². The molecule has 0 aliphatic heterocycles. The number of nitrogens with one attached hydrogen (secondary N) is 2. The highest BCUT2D eigenvalue weighted by Gasteiger charge is 2.23. The number of hydrogen-bond acceptors (Lipinski definition) is 3. The predicted molar refractivity (Wildman–Crippen MR) is 108 cm³/mol. The molecular formula is C21H25N5O. The molecule has 2 atom stereocenters. The Balaban J connectivity index is 1.64. The van der Waals surface area contributed by atoms with E-state index in [1.54, 1.807) is 17.1 Å². The predicted octanol–water partition coefficient (Wildman–Crippen LogP) is 3.69. The van der Waals surface area contributed by atoms with Crippen LogP contribution in [0.5, 0.6) is 0 Å². The Bertz CT molecular complexity index is 861. The van der Waals surface area contributed by atoms with Crippen LogP contribution in [0.1, 0.15) is 18.5 Å². The van der Waals surface area contributed by atoms with Crippen LogP contribution in [0.2, 0.25) is 0 Å². The molecule has 0 radical (unpaired) electrons. The summed E-state index contributed by atoms with van der Waals surface area (Å²) in [5.74, 6) is 0. The van der Waals surface area contributed by atoms with E-state index in [-0.39, 0.29) is 18.1 Å². The Morgan fingerprint density at radius 3 is 2.30 bits per heavy atom. The number of hydrogen-bond donors (Lipinski definition) is 2. The lowest BCUT2D eigenvalue weighted by atomic mass is 9.99. The molecule has 0 bridgehead atoms. The Labute approximate surface area is 159 Å². The number of anilines is 1. The first-order valence-corrected chi connectivity index (χ1v) is 8.93. The Kier molecular flexibility index (Phi) is 5.88. The van der Waals surface area contributed by atoms with Crippen molar-refractivity contribution >= 4 is 11.7 Å². The van der Waals surface area contributed by atoms with Gasteiger partial charge < -0.3 is 15.5 Å². The van der Waals surface area contributed by atoms with E-state index in [9.17, 15) is 4.79 Å². The molecule has 0 saturated heterocycles. The lowest BCUT2D eigenvalue weighted by Crippen LogP contribution is -2.44. The summed E-state index contributed by atoms with van der Waals surface area (Å²) >= 11 is 0. The third kappa shape index (κ3) is 4.74. The molecule has 2 aromatic carbocycles. The minimum Gasteiger partial charge on any atom is -0.333 e. The lowest BCUT2D eigenvalue weighted by molar-refractivity contribution is 0.223. The number of nitrogens with zero attached hydrogens (tertiary/aromatic N) is 3. The Morgan fingerprint density at radius 2 is 1.67 bits per heavy atom. The van der Waals surface area contributed by atoms with Gasteiger partial charge in [-0.15, -0.1) is 0 Å². The van der Waals surface area contributed by atoms with Crippen LogP contribution in [-0.4, -0.2) is 40.8 Å². The summed E-state index contributed by atoms with van der Waals surface area (Å²) in [6.07, 6.45) is 3.43. The zero-order valence-corrected chi connectivity index (χ0v) is 15.8. The Morgan fingerprint density at radius 1 is 1.04 bits per heavy atom. The summed E-state index contributed by atoms with van der Waals surface area (Å²) in [6, 6.07) is 19.7. The van der Waals surface area contributed by atoms with E-state index in [1.165, 1.54) is 0 Å². The van der Waals surface area contributed by atoms with Gasteiger partial charge in [-0.1, -0.05) is 48.5 Å². The number of benzene rings is 2. The number of rotatable bonds is 6. The monoisotopic (exact) mass is 363 g/mol. The fourth-order valence-electron chi connectivity index (χ4n) is 3.25. The molecule has 1 aromatic heterocycles. The van der Waals surface area contributed by atoms with Crippen molar-refractivity contribution in [1.29, 1.82) is 0 Å². The van der Waals surface area contributed by atoms with Crippen LogP contribution in [0.15, 0.2) is 73.1 Å². The van der Waals surface area contributed by atoms with E-state index in [2.05, 4.69) is 32.8 Å². The van der Waals surface area contributed by atoms with Crippen molar-refractivity contribution in [3.05, 3.63) is 78.6 Å². The molecular weight excluding hydrogens is 338 g/mol. The van der Waals surface area contributed by atoms with Gasteiger partial charge >= 0.3 is 6.03 Å². The molecule has 0 unspecified atom stereocenters. The standard InChI is InChI=1S/C21H25N5O/c1-16(20(25(2)3)17-10-6-4-7-11-17)23-21(27)24-18-14-22-26(15-18)19-12-8-5-9-13-19/h4-16,20H,1-3H3,(H2,23,24,27)/t16-,20-/m1/s1. The second-order valence-electron chi connectivity index (χ2n) is 6.72. The van der Waals surface area contributed by atoms with Gasteiger partial charge in [0.1, 0.15) is 0 Å². The molecule has 0 aliphatic carbocycles. The number of carbonyl (C=O) groups excluding carboxylic acids is 1. The molecule has 27 heavy (non-hydrogen) atoms. The second-order valence-corrected chi connectivity index (χ2v) is 6.72. The minimum atomic E-state index is -0.252. The topological polar surface area (TPSA) is 62.2 Å². The van der Waals surface area contributed by atoms with Gasteiger partial charge in [-0.2, -0.15) is 5.10 Å². The smallest absolute Gasteiger partial charge is 0.319 e. The van der Waals surface area contributed by atoms with Crippen molar-refractivity contribution in [2.45, 2.75) is 19.0 Å². The van der Waals surface area contributed by atoms with Crippen LogP contribution in [0, 0.1) is 0 Å². The largest absolute Gasteiger partial charge is 0.333 e. The first kappa shape index (κ1) is 18.7. The van der Waals surface area contributed by atoms with E-state index >= 15 is 0 Å². The van der Waals surface area contributed by atoms with Gasteiger partial charge in [-0.05, 0) is 38.7 Å². The first-order valence-electron chi connectivity index (χ1n) is 8.93. The van der Waals surface area contributed by atoms with Crippen LogP contribution in [0.3, 0.4) is 0 Å². The van der Waals surface area contributed by atoms with E-state index < -0.39 is 0 Å². The summed E-state index contributed by atoms with van der Waals surface area (Å²) in [6.45, 7) is 2.00. The van der Waals surface area contributed by atoms with Gasteiger partial charge in [0.2, 0.25) is 0 Å². The maximum atomic E-state index is 12.4. The van der Waals surface area contributed by atoms with E-state index in [0.717, 1.165) is 11.3 Å².